The molecule has 1 heterocycles. The van der Waals surface area contributed by atoms with Crippen LogP contribution in [0.5, 0.6) is 5.75 Å². The van der Waals surface area contributed by atoms with Crippen molar-refractivity contribution in [2.24, 2.45) is 0 Å². The van der Waals surface area contributed by atoms with Crippen LogP contribution in [-0.4, -0.2) is 16.2 Å². The fraction of sp³-hybridized carbons (Fsp3) is 0.550. The first kappa shape index (κ1) is 18.4. The van der Waals surface area contributed by atoms with Gasteiger partial charge < -0.3 is 14.8 Å². The maximum absolute atomic E-state index is 10.6. The Kier molecular flexibility index (Phi) is 7.66. The zero-order chi connectivity index (χ0) is 17.2. The minimum atomic E-state index is -1.28. The summed E-state index contributed by atoms with van der Waals surface area (Å²) in [6.07, 6.45) is 11.7. The van der Waals surface area contributed by atoms with Gasteiger partial charge in [-0.2, -0.15) is 0 Å². The first-order chi connectivity index (χ1) is 11.7. The molecule has 0 saturated carbocycles. The Hall–Kier alpha value is -1.97. The Labute approximate surface area is 144 Å². The molecule has 132 valence electrons. The summed E-state index contributed by atoms with van der Waals surface area (Å²) in [6.45, 7) is 2.25. The molecule has 0 aliphatic rings. The van der Waals surface area contributed by atoms with E-state index in [1.165, 1.54) is 63.5 Å². The maximum Gasteiger partial charge on any atom is 0.511 e. The van der Waals surface area contributed by atoms with Gasteiger partial charge in [-0.05, 0) is 36.4 Å². The second kappa shape index (κ2) is 10.0. The van der Waals surface area contributed by atoms with E-state index in [0.29, 0.717) is 5.75 Å². The Morgan fingerprint density at radius 3 is 2.33 bits per heavy atom. The fourth-order valence-electron chi connectivity index (χ4n) is 3.09. The van der Waals surface area contributed by atoms with Crippen LogP contribution in [0.3, 0.4) is 0 Å². The van der Waals surface area contributed by atoms with E-state index < -0.39 is 6.16 Å². The average molecular weight is 331 g/mol. The number of rotatable bonds is 11. The molecule has 0 aliphatic carbocycles. The van der Waals surface area contributed by atoms with Crippen molar-refractivity contribution < 1.29 is 14.6 Å². The van der Waals surface area contributed by atoms with Gasteiger partial charge in [-0.15, -0.1) is 0 Å². The number of carbonyl (C=O) groups is 1. The summed E-state index contributed by atoms with van der Waals surface area (Å²) in [5, 5.41) is 9.76. The van der Waals surface area contributed by atoms with Gasteiger partial charge >= 0.3 is 6.16 Å². The average Bonchev–Trinajstić information content (AvgIpc) is 2.94. The van der Waals surface area contributed by atoms with Gasteiger partial charge in [0.05, 0.1) is 0 Å². The first-order valence-electron chi connectivity index (χ1n) is 9.21. The highest BCUT2D eigenvalue weighted by Crippen LogP contribution is 2.22. The minimum absolute atomic E-state index is 0.353. The summed E-state index contributed by atoms with van der Waals surface area (Å²) >= 11 is 0. The maximum atomic E-state index is 10.6. The lowest BCUT2D eigenvalue weighted by Gasteiger charge is -2.01. The van der Waals surface area contributed by atoms with Gasteiger partial charge in [-0.1, -0.05) is 58.3 Å². The van der Waals surface area contributed by atoms with Crippen LogP contribution >= 0.6 is 0 Å². The number of aromatic amines is 1. The number of H-pyrrole nitrogens is 1. The number of nitrogens with one attached hydrogen (secondary N) is 1. The number of benzene rings is 1. The quantitative estimate of drug-likeness (QED) is 0.288. The van der Waals surface area contributed by atoms with Crippen LogP contribution in [0.2, 0.25) is 0 Å². The molecule has 2 aromatic rings. The van der Waals surface area contributed by atoms with Crippen LogP contribution in [-0.2, 0) is 6.42 Å². The number of hydrogen-bond donors (Lipinski definition) is 2. The Bertz CT molecular complexity index is 633. The molecule has 0 spiro atoms. The second-order valence-corrected chi connectivity index (χ2v) is 6.49. The topological polar surface area (TPSA) is 62.3 Å². The third-order valence-corrected chi connectivity index (χ3v) is 4.40. The number of hydrogen-bond acceptors (Lipinski definition) is 2. The van der Waals surface area contributed by atoms with E-state index in [9.17, 15) is 4.79 Å². The summed E-state index contributed by atoms with van der Waals surface area (Å²) in [6, 6.07) is 7.46. The molecule has 0 unspecified atom stereocenters. The van der Waals surface area contributed by atoms with Gasteiger partial charge in [0, 0.05) is 17.3 Å². The van der Waals surface area contributed by atoms with Gasteiger partial charge in [0.1, 0.15) is 5.75 Å². The third kappa shape index (κ3) is 6.26. The van der Waals surface area contributed by atoms with Crippen molar-refractivity contribution in [3.05, 3.63) is 30.0 Å². The van der Waals surface area contributed by atoms with Gasteiger partial charge in [-0.25, -0.2) is 4.79 Å². The summed E-state index contributed by atoms with van der Waals surface area (Å²) in [5.74, 6) is 0.353. The molecule has 0 amide bonds. The Morgan fingerprint density at radius 1 is 1.00 bits per heavy atom. The second-order valence-electron chi connectivity index (χ2n) is 6.49. The van der Waals surface area contributed by atoms with Crippen LogP contribution < -0.4 is 4.74 Å². The largest absolute Gasteiger partial charge is 0.511 e. The molecule has 0 saturated heterocycles. The van der Waals surface area contributed by atoms with Crippen LogP contribution in [0, 0.1) is 0 Å². The Balaban J connectivity index is 1.68. The highest BCUT2D eigenvalue weighted by Gasteiger charge is 2.05. The fourth-order valence-corrected chi connectivity index (χ4v) is 3.09. The van der Waals surface area contributed by atoms with Crippen LogP contribution in [0.25, 0.3) is 10.9 Å². The van der Waals surface area contributed by atoms with Crippen molar-refractivity contribution in [1.29, 1.82) is 0 Å². The summed E-state index contributed by atoms with van der Waals surface area (Å²) in [4.78, 5) is 13.9. The lowest BCUT2D eigenvalue weighted by atomic mass is 10.1. The Morgan fingerprint density at radius 2 is 1.67 bits per heavy atom. The van der Waals surface area contributed by atoms with E-state index in [1.54, 1.807) is 12.1 Å². The van der Waals surface area contributed by atoms with Crippen molar-refractivity contribution in [2.75, 3.05) is 0 Å². The molecule has 4 nitrogen and oxygen atoms in total. The van der Waals surface area contributed by atoms with Crippen molar-refractivity contribution >= 4 is 17.1 Å². The summed E-state index contributed by atoms with van der Waals surface area (Å²) < 4.78 is 4.69. The molecule has 24 heavy (non-hydrogen) atoms. The molecule has 2 rings (SSSR count). The molecule has 0 fully saturated rings. The number of aryl methyl sites for hydroxylation is 1. The SMILES string of the molecule is CCCCCCCCCCCc1cc2ccc(OC(=O)O)cc2[nH]1. The van der Waals surface area contributed by atoms with Crippen molar-refractivity contribution in [3.8, 4) is 5.75 Å². The monoisotopic (exact) mass is 331 g/mol. The predicted molar refractivity (Wildman–Crippen MR) is 97.9 cm³/mol. The van der Waals surface area contributed by atoms with Crippen molar-refractivity contribution in [3.63, 3.8) is 0 Å². The van der Waals surface area contributed by atoms with Crippen LogP contribution in [0.1, 0.15) is 70.4 Å². The van der Waals surface area contributed by atoms with Crippen molar-refractivity contribution in [2.45, 2.75) is 71.1 Å². The normalized spacial score (nSPS) is 11.0. The molecular weight excluding hydrogens is 302 g/mol. The molecule has 0 atom stereocenters. The molecule has 2 N–H and O–H groups in total. The predicted octanol–water partition coefficient (Wildman–Crippen LogP) is 6.30. The number of ether oxygens (including phenoxy) is 1. The molecule has 0 aliphatic heterocycles. The molecular formula is C20H29NO3. The van der Waals surface area contributed by atoms with E-state index in [-0.39, 0.29) is 0 Å². The zero-order valence-electron chi connectivity index (χ0n) is 14.6. The molecule has 1 aromatic carbocycles. The number of carboxylic acid groups (broad SMARTS) is 1. The molecule has 4 heteroatoms. The van der Waals surface area contributed by atoms with Crippen LogP contribution in [0.15, 0.2) is 24.3 Å². The third-order valence-electron chi connectivity index (χ3n) is 4.40. The highest BCUT2D eigenvalue weighted by molar-refractivity contribution is 5.82. The van der Waals surface area contributed by atoms with E-state index in [2.05, 4.69) is 22.7 Å². The van der Waals surface area contributed by atoms with Gasteiger partial charge in [0.2, 0.25) is 0 Å². The zero-order valence-corrected chi connectivity index (χ0v) is 14.6. The van der Waals surface area contributed by atoms with E-state index in [1.807, 2.05) is 6.07 Å². The standard InChI is InChI=1S/C20H29NO3/c1-2-3-4-5-6-7-8-9-10-11-17-14-16-12-13-18(24-20(22)23)15-19(16)21-17/h12-15,21H,2-11H2,1H3,(H,22,23). The lowest BCUT2D eigenvalue weighted by Crippen LogP contribution is -2.02. The molecule has 0 bridgehead atoms. The first-order valence-corrected chi connectivity index (χ1v) is 9.21. The molecule has 0 radical (unpaired) electrons. The molecule has 1 aromatic heterocycles. The van der Waals surface area contributed by atoms with Gasteiger partial charge in [-0.3, -0.25) is 0 Å². The van der Waals surface area contributed by atoms with E-state index in [0.717, 1.165) is 17.3 Å². The van der Waals surface area contributed by atoms with E-state index >= 15 is 0 Å². The smallest absolute Gasteiger partial charge is 0.449 e. The highest BCUT2D eigenvalue weighted by atomic mass is 16.7. The minimum Gasteiger partial charge on any atom is -0.449 e. The summed E-state index contributed by atoms with van der Waals surface area (Å²) in [5.41, 5.74) is 2.14. The number of aromatic nitrogens is 1. The summed E-state index contributed by atoms with van der Waals surface area (Å²) in [7, 11) is 0. The number of unbranched alkanes of at least 4 members (excludes halogenated alkanes) is 8. The lowest BCUT2D eigenvalue weighted by molar-refractivity contribution is 0.144. The van der Waals surface area contributed by atoms with Crippen molar-refractivity contribution in [1.82, 2.24) is 4.98 Å². The van der Waals surface area contributed by atoms with Gasteiger partial charge in [0.15, 0.2) is 0 Å². The van der Waals surface area contributed by atoms with E-state index in [4.69, 9.17) is 5.11 Å². The number of fused-ring (bicyclic) bond motifs is 1. The van der Waals surface area contributed by atoms with Crippen LogP contribution in [0.4, 0.5) is 4.79 Å². The van der Waals surface area contributed by atoms with Gasteiger partial charge in [0.25, 0.3) is 0 Å².